The van der Waals surface area contributed by atoms with E-state index in [9.17, 15) is 10.1 Å². The van der Waals surface area contributed by atoms with Crippen LogP contribution in [0.2, 0.25) is 5.02 Å². The summed E-state index contributed by atoms with van der Waals surface area (Å²) in [6, 6.07) is 4.40. The van der Waals surface area contributed by atoms with Gasteiger partial charge in [-0.05, 0) is 12.5 Å². The van der Waals surface area contributed by atoms with Gasteiger partial charge >= 0.3 is 5.69 Å². The molecule has 0 spiro atoms. The molecular formula is C13H17ClN2O3. The summed E-state index contributed by atoms with van der Waals surface area (Å²) in [6.07, 6.45) is 1.46. The monoisotopic (exact) mass is 284 g/mol. The van der Waals surface area contributed by atoms with Crippen molar-refractivity contribution in [1.29, 1.82) is 0 Å². The predicted octanol–water partition coefficient (Wildman–Crippen LogP) is 3.14. The molecule has 19 heavy (non-hydrogen) atoms. The summed E-state index contributed by atoms with van der Waals surface area (Å²) < 4.78 is 5.79. The number of hydrogen-bond acceptors (Lipinski definition) is 4. The van der Waals surface area contributed by atoms with Crippen molar-refractivity contribution in [2.75, 3.05) is 0 Å². The molecule has 3 atom stereocenters. The molecule has 0 saturated heterocycles. The number of nitro benzene ring substituents is 1. The number of rotatable bonds is 4. The van der Waals surface area contributed by atoms with Gasteiger partial charge in [0.2, 0.25) is 0 Å². The van der Waals surface area contributed by atoms with Gasteiger partial charge in [0, 0.05) is 35.0 Å². The molecule has 1 aromatic carbocycles. The molecule has 1 saturated carbocycles. The third kappa shape index (κ3) is 2.40. The van der Waals surface area contributed by atoms with E-state index in [1.807, 2.05) is 13.8 Å². The number of ether oxygens (including phenoxy) is 1. The summed E-state index contributed by atoms with van der Waals surface area (Å²) in [7, 11) is 0. The molecule has 0 aromatic heterocycles. The van der Waals surface area contributed by atoms with Gasteiger partial charge in [-0.1, -0.05) is 25.4 Å². The van der Waals surface area contributed by atoms with Crippen molar-refractivity contribution in [3.8, 4) is 5.75 Å². The summed E-state index contributed by atoms with van der Waals surface area (Å²) in [6.45, 7) is 4.09. The second kappa shape index (κ2) is 4.98. The molecular weight excluding hydrogens is 268 g/mol. The Hall–Kier alpha value is -1.33. The molecule has 1 aliphatic rings. The first kappa shape index (κ1) is 14.1. The number of nitrogens with zero attached hydrogens (tertiary/aromatic N) is 1. The van der Waals surface area contributed by atoms with Crippen LogP contribution in [0.4, 0.5) is 5.69 Å². The second-order valence-electron chi connectivity index (χ2n) is 5.18. The zero-order valence-corrected chi connectivity index (χ0v) is 11.7. The quantitative estimate of drug-likeness (QED) is 0.680. The summed E-state index contributed by atoms with van der Waals surface area (Å²) in [5, 5.41) is 11.4. The van der Waals surface area contributed by atoms with E-state index < -0.39 is 4.92 Å². The van der Waals surface area contributed by atoms with Crippen molar-refractivity contribution >= 4 is 17.3 Å². The lowest BCUT2D eigenvalue weighted by atomic mass is 9.62. The summed E-state index contributed by atoms with van der Waals surface area (Å²) >= 11 is 5.87. The van der Waals surface area contributed by atoms with Crippen molar-refractivity contribution in [2.24, 2.45) is 11.1 Å². The minimum absolute atomic E-state index is 0.0664. The zero-order valence-electron chi connectivity index (χ0n) is 10.9. The molecule has 1 fully saturated rings. The van der Waals surface area contributed by atoms with Crippen molar-refractivity contribution in [3.05, 3.63) is 33.3 Å². The normalized spacial score (nSPS) is 29.7. The fraction of sp³-hybridized carbons (Fsp3) is 0.538. The highest BCUT2D eigenvalue weighted by Crippen LogP contribution is 2.46. The average molecular weight is 285 g/mol. The minimum Gasteiger partial charge on any atom is -0.483 e. The van der Waals surface area contributed by atoms with E-state index in [1.54, 1.807) is 0 Å². The van der Waals surface area contributed by atoms with Gasteiger partial charge in [0.1, 0.15) is 6.10 Å². The topological polar surface area (TPSA) is 78.4 Å². The molecule has 5 nitrogen and oxygen atoms in total. The highest BCUT2D eigenvalue weighted by Gasteiger charge is 2.50. The maximum absolute atomic E-state index is 11.0. The maximum atomic E-state index is 11.0. The van der Waals surface area contributed by atoms with Crippen molar-refractivity contribution < 1.29 is 9.66 Å². The number of halogens is 1. The van der Waals surface area contributed by atoms with Gasteiger partial charge in [-0.25, -0.2) is 0 Å². The Balaban J connectivity index is 2.25. The van der Waals surface area contributed by atoms with Gasteiger partial charge < -0.3 is 10.5 Å². The van der Waals surface area contributed by atoms with E-state index in [4.69, 9.17) is 22.1 Å². The van der Waals surface area contributed by atoms with Crippen molar-refractivity contribution in [3.63, 3.8) is 0 Å². The molecule has 0 aliphatic heterocycles. The van der Waals surface area contributed by atoms with Crippen LogP contribution in [0.5, 0.6) is 5.75 Å². The third-order valence-electron chi connectivity index (χ3n) is 4.20. The number of nitrogens with two attached hydrogens (primary N) is 1. The Kier molecular flexibility index (Phi) is 3.69. The summed E-state index contributed by atoms with van der Waals surface area (Å²) in [4.78, 5) is 10.5. The fourth-order valence-electron chi connectivity index (χ4n) is 2.41. The Morgan fingerprint density at radius 3 is 2.84 bits per heavy atom. The number of benzene rings is 1. The minimum atomic E-state index is -0.465. The molecule has 0 radical (unpaired) electrons. The average Bonchev–Trinajstić information content (AvgIpc) is 2.37. The Morgan fingerprint density at radius 2 is 2.32 bits per heavy atom. The fourth-order valence-corrected chi connectivity index (χ4v) is 2.57. The second-order valence-corrected chi connectivity index (χ2v) is 5.61. The van der Waals surface area contributed by atoms with Gasteiger partial charge in [-0.3, -0.25) is 10.1 Å². The molecule has 104 valence electrons. The maximum Gasteiger partial charge on any atom is 0.311 e. The standard InChI is InChI=1S/C13H17ClN2O3/c1-3-13(2)11(15)7-12(13)19-10-6-8(14)4-5-9(10)16(17)18/h4-6,11-12H,3,7,15H2,1-2H3. The van der Waals surface area contributed by atoms with E-state index in [0.29, 0.717) is 11.4 Å². The molecule has 2 N–H and O–H groups in total. The number of hydrogen-bond donors (Lipinski definition) is 1. The lowest BCUT2D eigenvalue weighted by Gasteiger charge is -2.51. The third-order valence-corrected chi connectivity index (χ3v) is 4.44. The molecule has 0 bridgehead atoms. The Morgan fingerprint density at radius 1 is 1.63 bits per heavy atom. The van der Waals surface area contributed by atoms with Crippen LogP contribution in [0.1, 0.15) is 26.7 Å². The first-order chi connectivity index (χ1) is 8.88. The SMILES string of the molecule is CCC1(C)C(N)CC1Oc1cc(Cl)ccc1[N+](=O)[O-]. The van der Waals surface area contributed by atoms with E-state index in [-0.39, 0.29) is 29.0 Å². The highest BCUT2D eigenvalue weighted by molar-refractivity contribution is 6.30. The van der Waals surface area contributed by atoms with Gasteiger partial charge in [0.15, 0.2) is 5.75 Å². The highest BCUT2D eigenvalue weighted by atomic mass is 35.5. The Bertz CT molecular complexity index is 509. The van der Waals surface area contributed by atoms with Crippen LogP contribution in [0.25, 0.3) is 0 Å². The largest absolute Gasteiger partial charge is 0.483 e. The molecule has 0 amide bonds. The summed E-state index contributed by atoms with van der Waals surface area (Å²) in [5.74, 6) is 0.217. The van der Waals surface area contributed by atoms with Crippen LogP contribution in [0, 0.1) is 15.5 Å². The smallest absolute Gasteiger partial charge is 0.311 e. The van der Waals surface area contributed by atoms with Gasteiger partial charge in [-0.2, -0.15) is 0 Å². The predicted molar refractivity (Wildman–Crippen MR) is 73.5 cm³/mol. The molecule has 0 heterocycles. The van der Waals surface area contributed by atoms with Crippen molar-refractivity contribution in [1.82, 2.24) is 0 Å². The van der Waals surface area contributed by atoms with Crippen LogP contribution < -0.4 is 10.5 Å². The molecule has 3 unspecified atom stereocenters. The van der Waals surface area contributed by atoms with E-state index in [0.717, 1.165) is 6.42 Å². The molecule has 1 aromatic rings. The molecule has 1 aliphatic carbocycles. The lowest BCUT2D eigenvalue weighted by molar-refractivity contribution is -0.386. The van der Waals surface area contributed by atoms with Gasteiger partial charge in [0.25, 0.3) is 0 Å². The molecule has 2 rings (SSSR count). The van der Waals surface area contributed by atoms with E-state index in [2.05, 4.69) is 0 Å². The van der Waals surface area contributed by atoms with Crippen LogP contribution in [-0.4, -0.2) is 17.1 Å². The van der Waals surface area contributed by atoms with Gasteiger partial charge in [-0.15, -0.1) is 0 Å². The van der Waals surface area contributed by atoms with Crippen LogP contribution >= 0.6 is 11.6 Å². The first-order valence-corrected chi connectivity index (χ1v) is 6.62. The van der Waals surface area contributed by atoms with E-state index >= 15 is 0 Å². The first-order valence-electron chi connectivity index (χ1n) is 6.24. The van der Waals surface area contributed by atoms with Crippen LogP contribution in [-0.2, 0) is 0 Å². The van der Waals surface area contributed by atoms with Gasteiger partial charge in [0.05, 0.1) is 4.92 Å². The Labute approximate surface area is 116 Å². The number of nitro groups is 1. The van der Waals surface area contributed by atoms with Crippen LogP contribution in [0.15, 0.2) is 18.2 Å². The molecule has 6 heteroatoms. The lowest BCUT2D eigenvalue weighted by Crippen LogP contribution is -2.61. The van der Waals surface area contributed by atoms with Crippen molar-refractivity contribution in [2.45, 2.75) is 38.8 Å². The summed E-state index contributed by atoms with van der Waals surface area (Å²) in [5.41, 5.74) is 5.79. The van der Waals surface area contributed by atoms with E-state index in [1.165, 1.54) is 18.2 Å². The zero-order chi connectivity index (χ0) is 14.2. The van der Waals surface area contributed by atoms with Crippen LogP contribution in [0.3, 0.4) is 0 Å².